The number of benzene rings is 2. The minimum atomic E-state index is -0.483. The summed E-state index contributed by atoms with van der Waals surface area (Å²) < 4.78 is 17.2. The Balaban J connectivity index is 1.94. The summed E-state index contributed by atoms with van der Waals surface area (Å²) in [5.74, 6) is 0.591. The van der Waals surface area contributed by atoms with Gasteiger partial charge in [-0.05, 0) is 46.3 Å². The largest absolute Gasteiger partial charge is 0.495 e. The molecule has 154 valence electrons. The molecular formula is C19H19Br2N3O5. The molecule has 0 bridgehead atoms. The van der Waals surface area contributed by atoms with Crippen molar-refractivity contribution < 1.29 is 23.8 Å². The second kappa shape index (κ2) is 10.8. The van der Waals surface area contributed by atoms with Crippen LogP contribution >= 0.6 is 31.9 Å². The maximum atomic E-state index is 12.2. The van der Waals surface area contributed by atoms with Crippen molar-refractivity contribution in [1.82, 2.24) is 10.7 Å². The number of hydrazone groups is 1. The molecule has 0 saturated carbocycles. The zero-order chi connectivity index (χ0) is 21.4. The quantitative estimate of drug-likeness (QED) is 0.405. The maximum absolute atomic E-state index is 12.2. The van der Waals surface area contributed by atoms with Crippen LogP contribution in [-0.4, -0.2) is 45.9 Å². The van der Waals surface area contributed by atoms with Crippen molar-refractivity contribution in [2.45, 2.75) is 0 Å². The fraction of sp³-hybridized carbons (Fsp3) is 0.211. The first-order chi connectivity index (χ1) is 13.9. The number of carbonyl (C=O) groups excluding carboxylic acids is 2. The topological polar surface area (TPSA) is 98.2 Å². The predicted octanol–water partition coefficient (Wildman–Crippen LogP) is 3.12. The molecule has 0 fully saturated rings. The lowest BCUT2D eigenvalue weighted by Gasteiger charge is -2.10. The predicted molar refractivity (Wildman–Crippen MR) is 116 cm³/mol. The van der Waals surface area contributed by atoms with E-state index in [2.05, 4.69) is 47.7 Å². The van der Waals surface area contributed by atoms with Gasteiger partial charge in [-0.2, -0.15) is 5.10 Å². The molecule has 0 radical (unpaired) electrons. The van der Waals surface area contributed by atoms with Crippen LogP contribution in [0.15, 0.2) is 44.4 Å². The molecule has 0 aromatic heterocycles. The van der Waals surface area contributed by atoms with Gasteiger partial charge in [-0.1, -0.05) is 15.9 Å². The Morgan fingerprint density at radius 3 is 2.41 bits per heavy atom. The van der Waals surface area contributed by atoms with Gasteiger partial charge in [0.1, 0.15) is 5.75 Å². The van der Waals surface area contributed by atoms with Gasteiger partial charge < -0.3 is 19.5 Å². The summed E-state index contributed by atoms with van der Waals surface area (Å²) >= 11 is 6.77. The van der Waals surface area contributed by atoms with Crippen LogP contribution in [0.25, 0.3) is 0 Å². The highest BCUT2D eigenvalue weighted by atomic mass is 79.9. The van der Waals surface area contributed by atoms with Crippen LogP contribution in [0.5, 0.6) is 17.2 Å². The number of carbonyl (C=O) groups is 2. The maximum Gasteiger partial charge on any atom is 0.259 e. The van der Waals surface area contributed by atoms with E-state index in [0.717, 1.165) is 8.95 Å². The summed E-state index contributed by atoms with van der Waals surface area (Å²) in [4.78, 5) is 24.2. The molecule has 0 saturated heterocycles. The van der Waals surface area contributed by atoms with Gasteiger partial charge in [-0.3, -0.25) is 9.59 Å². The van der Waals surface area contributed by atoms with E-state index in [4.69, 9.17) is 14.2 Å². The highest BCUT2D eigenvalue weighted by Crippen LogP contribution is 2.31. The van der Waals surface area contributed by atoms with Gasteiger partial charge in [0.05, 0.1) is 38.6 Å². The molecule has 0 spiro atoms. The van der Waals surface area contributed by atoms with Crippen molar-refractivity contribution in [3.05, 3.63) is 50.4 Å². The van der Waals surface area contributed by atoms with Crippen molar-refractivity contribution >= 4 is 49.9 Å². The van der Waals surface area contributed by atoms with E-state index >= 15 is 0 Å². The molecule has 2 aromatic rings. The van der Waals surface area contributed by atoms with Gasteiger partial charge in [-0.15, -0.1) is 0 Å². The molecule has 0 aliphatic heterocycles. The Hall–Kier alpha value is -2.59. The van der Waals surface area contributed by atoms with Crippen LogP contribution in [0.4, 0.5) is 0 Å². The van der Waals surface area contributed by atoms with E-state index in [0.29, 0.717) is 28.4 Å². The van der Waals surface area contributed by atoms with Crippen LogP contribution in [-0.2, 0) is 4.79 Å². The average Bonchev–Trinajstić information content (AvgIpc) is 2.71. The van der Waals surface area contributed by atoms with Crippen molar-refractivity contribution in [3.8, 4) is 17.2 Å². The fourth-order valence-corrected chi connectivity index (χ4v) is 3.77. The van der Waals surface area contributed by atoms with Crippen molar-refractivity contribution in [2.75, 3.05) is 27.9 Å². The first kappa shape index (κ1) is 22.7. The number of rotatable bonds is 8. The molecule has 8 nitrogen and oxygen atoms in total. The Bertz CT molecular complexity index is 934. The third kappa shape index (κ3) is 6.20. The number of halogens is 2. The van der Waals surface area contributed by atoms with Crippen LogP contribution in [0.2, 0.25) is 0 Å². The van der Waals surface area contributed by atoms with Gasteiger partial charge in [0.15, 0.2) is 11.5 Å². The van der Waals surface area contributed by atoms with Crippen molar-refractivity contribution in [2.24, 2.45) is 5.10 Å². The highest BCUT2D eigenvalue weighted by Gasteiger charge is 2.12. The smallest absolute Gasteiger partial charge is 0.259 e. The van der Waals surface area contributed by atoms with Gasteiger partial charge in [0.25, 0.3) is 11.8 Å². The highest BCUT2D eigenvalue weighted by molar-refractivity contribution is 9.11. The SMILES string of the molecule is COc1ccc(C(=O)NCC(=O)NN=Cc2cc(Br)cc(Br)c2OC)cc1OC. The van der Waals surface area contributed by atoms with Crippen LogP contribution < -0.4 is 25.0 Å². The number of nitrogens with one attached hydrogen (secondary N) is 2. The lowest BCUT2D eigenvalue weighted by Crippen LogP contribution is -2.34. The normalized spacial score (nSPS) is 10.5. The number of hydrogen-bond donors (Lipinski definition) is 2. The van der Waals surface area contributed by atoms with Gasteiger partial charge >= 0.3 is 0 Å². The lowest BCUT2D eigenvalue weighted by atomic mass is 10.2. The molecule has 0 aliphatic carbocycles. The fourth-order valence-electron chi connectivity index (χ4n) is 2.34. The van der Waals surface area contributed by atoms with E-state index in [1.165, 1.54) is 33.6 Å². The zero-order valence-corrected chi connectivity index (χ0v) is 19.1. The van der Waals surface area contributed by atoms with Crippen molar-refractivity contribution in [1.29, 1.82) is 0 Å². The molecule has 0 atom stereocenters. The number of hydrogen-bond acceptors (Lipinski definition) is 6. The third-order valence-electron chi connectivity index (χ3n) is 3.69. The molecular weight excluding hydrogens is 510 g/mol. The molecule has 2 aromatic carbocycles. The molecule has 0 unspecified atom stereocenters. The van der Waals surface area contributed by atoms with E-state index in [9.17, 15) is 9.59 Å². The Labute approximate surface area is 184 Å². The average molecular weight is 529 g/mol. The van der Waals surface area contributed by atoms with Crippen LogP contribution in [0.3, 0.4) is 0 Å². The number of nitrogens with zero attached hydrogens (tertiary/aromatic N) is 1. The molecule has 29 heavy (non-hydrogen) atoms. The summed E-state index contributed by atoms with van der Waals surface area (Å²) in [6.07, 6.45) is 1.45. The Morgan fingerprint density at radius 1 is 1.03 bits per heavy atom. The van der Waals surface area contributed by atoms with Gasteiger partial charge in [0, 0.05) is 15.6 Å². The second-order valence-corrected chi connectivity index (χ2v) is 7.33. The van der Waals surface area contributed by atoms with Crippen LogP contribution in [0, 0.1) is 0 Å². The number of amides is 2. The molecule has 2 N–H and O–H groups in total. The van der Waals surface area contributed by atoms with E-state index in [1.54, 1.807) is 18.2 Å². The Kier molecular flexibility index (Phi) is 8.47. The molecule has 0 aliphatic rings. The van der Waals surface area contributed by atoms with Gasteiger partial charge in [0.2, 0.25) is 0 Å². The second-order valence-electron chi connectivity index (χ2n) is 5.56. The summed E-state index contributed by atoms with van der Waals surface area (Å²) in [6, 6.07) is 8.34. The first-order valence-electron chi connectivity index (χ1n) is 8.24. The molecule has 10 heteroatoms. The van der Waals surface area contributed by atoms with E-state index < -0.39 is 11.8 Å². The Morgan fingerprint density at radius 2 is 1.76 bits per heavy atom. The molecule has 2 amide bonds. The zero-order valence-electron chi connectivity index (χ0n) is 15.9. The summed E-state index contributed by atoms with van der Waals surface area (Å²) in [7, 11) is 4.52. The summed E-state index contributed by atoms with van der Waals surface area (Å²) in [5, 5.41) is 6.42. The number of methoxy groups -OCH3 is 3. The minimum absolute atomic E-state index is 0.246. The van der Waals surface area contributed by atoms with E-state index in [1.807, 2.05) is 6.07 Å². The van der Waals surface area contributed by atoms with E-state index in [-0.39, 0.29) is 6.54 Å². The van der Waals surface area contributed by atoms with Gasteiger partial charge in [-0.25, -0.2) is 5.43 Å². The lowest BCUT2D eigenvalue weighted by molar-refractivity contribution is -0.120. The summed E-state index contributed by atoms with van der Waals surface area (Å²) in [5.41, 5.74) is 3.35. The number of ether oxygens (including phenoxy) is 3. The van der Waals surface area contributed by atoms with Crippen LogP contribution in [0.1, 0.15) is 15.9 Å². The molecule has 2 rings (SSSR count). The third-order valence-corrected chi connectivity index (χ3v) is 4.74. The monoisotopic (exact) mass is 527 g/mol. The standard InChI is InChI=1S/C19H19Br2N3O5/c1-27-15-5-4-11(7-16(15)28-2)19(26)22-10-17(25)24-23-9-12-6-13(20)8-14(21)18(12)29-3/h4-9H,10H2,1-3H3,(H,22,26)(H,24,25). The summed E-state index contributed by atoms with van der Waals surface area (Å²) in [6.45, 7) is -0.246. The first-order valence-corrected chi connectivity index (χ1v) is 9.83. The molecule has 0 heterocycles. The van der Waals surface area contributed by atoms with Crippen molar-refractivity contribution in [3.63, 3.8) is 0 Å². The minimum Gasteiger partial charge on any atom is -0.495 e.